The first-order chi connectivity index (χ1) is 17.9. The van der Waals surface area contributed by atoms with E-state index in [4.69, 9.17) is 32.1 Å². The summed E-state index contributed by atoms with van der Waals surface area (Å²) in [6.07, 6.45) is 5.24. The van der Waals surface area contributed by atoms with Crippen LogP contribution < -0.4 is 5.32 Å². The number of esters is 1. The van der Waals surface area contributed by atoms with Crippen molar-refractivity contribution in [2.75, 3.05) is 99.2 Å². The van der Waals surface area contributed by atoms with Crippen molar-refractivity contribution in [1.82, 2.24) is 10.2 Å². The highest BCUT2D eigenvalue weighted by molar-refractivity contribution is 7.86. The summed E-state index contributed by atoms with van der Waals surface area (Å²) in [5, 5.41) is 2.95. The summed E-state index contributed by atoms with van der Waals surface area (Å²) in [6.45, 7) is 3.42. The number of methoxy groups -OCH3 is 2. The van der Waals surface area contributed by atoms with Crippen LogP contribution in [0.15, 0.2) is 23.6 Å². The lowest BCUT2D eigenvalue weighted by atomic mass is 10.1. The number of nitrogens with one attached hydrogen (secondary N) is 1. The molecule has 1 N–H and O–H groups in total. The Hall–Kier alpha value is -1.79. The summed E-state index contributed by atoms with van der Waals surface area (Å²) in [4.78, 5) is 13.6. The smallest absolute Gasteiger partial charge is 0.306 e. The predicted molar refractivity (Wildman–Crippen MR) is 137 cm³/mol. The van der Waals surface area contributed by atoms with Crippen molar-refractivity contribution < 1.29 is 53.7 Å². The lowest BCUT2D eigenvalue weighted by Crippen LogP contribution is -2.37. The van der Waals surface area contributed by atoms with Gasteiger partial charge in [-0.2, -0.15) is 16.8 Å². The number of ether oxygens (including phenoxy) is 5. The number of carbonyl (C=O) groups excluding carboxylic acids is 1. The van der Waals surface area contributed by atoms with Gasteiger partial charge in [0.05, 0.1) is 71.7 Å². The average molecular weight is 589 g/mol. The fourth-order valence-electron chi connectivity index (χ4n) is 3.01. The Balaban J connectivity index is 2.66. The summed E-state index contributed by atoms with van der Waals surface area (Å²) in [7, 11) is -4.45. The summed E-state index contributed by atoms with van der Waals surface area (Å²) in [6, 6.07) is -0.599. The van der Waals surface area contributed by atoms with Gasteiger partial charge < -0.3 is 29.0 Å². The van der Waals surface area contributed by atoms with E-state index in [1.807, 2.05) is 4.90 Å². The molecule has 1 aliphatic heterocycles. The molecule has 1 aliphatic rings. The van der Waals surface area contributed by atoms with Crippen molar-refractivity contribution in [2.45, 2.75) is 12.5 Å². The number of allylic oxidation sites excluding steroid dienone is 1. The van der Waals surface area contributed by atoms with E-state index in [0.29, 0.717) is 64.1 Å². The molecular formula is C22H40N2O12S2. The van der Waals surface area contributed by atoms with Gasteiger partial charge >= 0.3 is 5.97 Å². The van der Waals surface area contributed by atoms with Gasteiger partial charge in [-0.05, 0) is 6.08 Å². The first-order valence-corrected chi connectivity index (χ1v) is 15.5. The first kappa shape index (κ1) is 34.2. The Morgan fingerprint density at radius 1 is 0.895 bits per heavy atom. The van der Waals surface area contributed by atoms with Gasteiger partial charge in [-0.15, -0.1) is 0 Å². The maximum atomic E-state index is 11.6. The quantitative estimate of drug-likeness (QED) is 0.0953. The van der Waals surface area contributed by atoms with Gasteiger partial charge in [0.1, 0.15) is 19.0 Å². The maximum absolute atomic E-state index is 11.6. The molecule has 0 aromatic heterocycles. The van der Waals surface area contributed by atoms with Gasteiger partial charge in [-0.3, -0.25) is 18.1 Å². The highest BCUT2D eigenvalue weighted by Crippen LogP contribution is 2.14. The van der Waals surface area contributed by atoms with Crippen molar-refractivity contribution >= 4 is 26.2 Å². The largest absolute Gasteiger partial charge is 0.492 e. The third-order valence-electron chi connectivity index (χ3n) is 4.83. The maximum Gasteiger partial charge on any atom is 0.306 e. The molecule has 222 valence electrons. The van der Waals surface area contributed by atoms with Crippen molar-refractivity contribution in [1.29, 1.82) is 0 Å². The zero-order valence-corrected chi connectivity index (χ0v) is 24.0. The molecule has 14 nitrogen and oxygen atoms in total. The second kappa shape index (κ2) is 18.5. The molecule has 0 fully saturated rings. The van der Waals surface area contributed by atoms with E-state index in [0.717, 1.165) is 12.5 Å². The number of hydrogen-bond donors (Lipinski definition) is 1. The van der Waals surface area contributed by atoms with E-state index >= 15 is 0 Å². The summed E-state index contributed by atoms with van der Waals surface area (Å²) >= 11 is 0. The van der Waals surface area contributed by atoms with E-state index < -0.39 is 26.3 Å². The third-order valence-corrected chi connectivity index (χ3v) is 5.94. The predicted octanol–water partition coefficient (Wildman–Crippen LogP) is -0.760. The minimum Gasteiger partial charge on any atom is -0.492 e. The van der Waals surface area contributed by atoms with E-state index in [2.05, 4.69) is 5.32 Å². The van der Waals surface area contributed by atoms with Gasteiger partial charge in [0.15, 0.2) is 0 Å². The monoisotopic (exact) mass is 588 g/mol. The molecule has 0 aromatic carbocycles. The van der Waals surface area contributed by atoms with Crippen LogP contribution in [0.25, 0.3) is 0 Å². The lowest BCUT2D eigenvalue weighted by molar-refractivity contribution is -0.141. The normalized spacial score (nSPS) is 16.1. The van der Waals surface area contributed by atoms with E-state index in [1.54, 1.807) is 19.3 Å². The molecule has 0 bridgehead atoms. The van der Waals surface area contributed by atoms with Crippen molar-refractivity contribution in [3.05, 3.63) is 23.6 Å². The Morgan fingerprint density at radius 2 is 1.53 bits per heavy atom. The van der Waals surface area contributed by atoms with Crippen molar-refractivity contribution in [3.63, 3.8) is 0 Å². The first-order valence-electron chi connectivity index (χ1n) is 11.9. The molecule has 0 spiro atoms. The SMILES string of the molecule is COCCOCCOCCN(CCOC1=CC(COS(C)(=O)=O)NC(COS(C)(=O)=O)=C1)CCC(=O)OC. The Bertz CT molecular complexity index is 967. The number of dihydropyridines is 1. The molecule has 0 saturated carbocycles. The van der Waals surface area contributed by atoms with Gasteiger partial charge in [0.25, 0.3) is 20.2 Å². The molecule has 1 rings (SSSR count). The van der Waals surface area contributed by atoms with Crippen LogP contribution in [0.4, 0.5) is 0 Å². The highest BCUT2D eigenvalue weighted by atomic mass is 32.2. The number of hydrogen-bond acceptors (Lipinski definition) is 14. The van der Waals surface area contributed by atoms with E-state index in [9.17, 15) is 21.6 Å². The van der Waals surface area contributed by atoms with Crippen LogP contribution in [-0.4, -0.2) is 133 Å². The molecule has 0 saturated heterocycles. The Kier molecular flexibility index (Phi) is 16.7. The molecule has 0 aliphatic carbocycles. The lowest BCUT2D eigenvalue weighted by Gasteiger charge is -2.25. The summed E-state index contributed by atoms with van der Waals surface area (Å²) < 4.78 is 81.6. The minimum absolute atomic E-state index is 0.195. The van der Waals surface area contributed by atoms with Crippen LogP contribution in [0.3, 0.4) is 0 Å². The minimum atomic E-state index is -3.70. The van der Waals surface area contributed by atoms with E-state index in [-0.39, 0.29) is 32.2 Å². The van der Waals surface area contributed by atoms with Gasteiger partial charge in [0.2, 0.25) is 0 Å². The molecular weight excluding hydrogens is 548 g/mol. The molecule has 1 atom stereocenters. The van der Waals surface area contributed by atoms with Gasteiger partial charge in [-0.1, -0.05) is 0 Å². The number of carbonyl (C=O) groups is 1. The zero-order chi connectivity index (χ0) is 28.4. The van der Waals surface area contributed by atoms with Gasteiger partial charge in [-0.25, -0.2) is 0 Å². The van der Waals surface area contributed by atoms with Gasteiger partial charge in [0, 0.05) is 38.5 Å². The number of nitrogens with zero attached hydrogens (tertiary/aromatic N) is 1. The van der Waals surface area contributed by atoms with E-state index in [1.165, 1.54) is 7.11 Å². The summed E-state index contributed by atoms with van der Waals surface area (Å²) in [5.41, 5.74) is 0.374. The fraction of sp³-hybridized carbons (Fsp3) is 0.773. The fourth-order valence-corrected chi connectivity index (χ4v) is 3.74. The standard InChI is InChI=1S/C22H40N2O12S2/c1-30-11-12-33-14-13-32-9-7-24(6-5-22(25)31-2)8-10-34-21-15-19(17-35-37(3,26)27)23-20(16-21)18-36-38(4,28)29/h15-16,19,23H,5-14,17-18H2,1-4H3. The molecule has 1 unspecified atom stereocenters. The molecule has 0 amide bonds. The summed E-state index contributed by atoms with van der Waals surface area (Å²) in [5.74, 6) is 0.0481. The molecule has 0 radical (unpaired) electrons. The Labute approximate surface area is 225 Å². The molecule has 1 heterocycles. The molecule has 38 heavy (non-hydrogen) atoms. The highest BCUT2D eigenvalue weighted by Gasteiger charge is 2.19. The second-order valence-corrected chi connectivity index (χ2v) is 11.5. The van der Waals surface area contributed by atoms with Crippen LogP contribution in [0.5, 0.6) is 0 Å². The average Bonchev–Trinajstić information content (AvgIpc) is 2.84. The number of rotatable bonds is 22. The van der Waals surface area contributed by atoms with Crippen LogP contribution in [0.1, 0.15) is 6.42 Å². The Morgan fingerprint density at radius 3 is 2.16 bits per heavy atom. The van der Waals surface area contributed by atoms with Crippen molar-refractivity contribution in [2.24, 2.45) is 0 Å². The second-order valence-electron chi connectivity index (χ2n) is 8.18. The van der Waals surface area contributed by atoms with Crippen LogP contribution in [-0.2, 0) is 57.1 Å². The van der Waals surface area contributed by atoms with Crippen LogP contribution in [0.2, 0.25) is 0 Å². The third kappa shape index (κ3) is 18.5. The van der Waals surface area contributed by atoms with Crippen LogP contribution >= 0.6 is 0 Å². The van der Waals surface area contributed by atoms with Crippen LogP contribution in [0, 0.1) is 0 Å². The zero-order valence-electron chi connectivity index (χ0n) is 22.4. The van der Waals surface area contributed by atoms with Crippen molar-refractivity contribution in [3.8, 4) is 0 Å². The molecule has 16 heteroatoms. The topological polar surface area (TPSA) is 165 Å². The molecule has 0 aromatic rings.